The zero-order valence-corrected chi connectivity index (χ0v) is 10.7. The molecular formula is C15H17NS. The molecule has 0 bridgehead atoms. The Balaban J connectivity index is 1.94. The lowest BCUT2D eigenvalue weighted by Crippen LogP contribution is -2.13. The maximum absolute atomic E-state index is 6.38. The first kappa shape index (κ1) is 11.0. The van der Waals surface area contributed by atoms with E-state index in [0.717, 1.165) is 0 Å². The molecule has 1 aromatic carbocycles. The van der Waals surface area contributed by atoms with Gasteiger partial charge in [0.05, 0.1) is 6.04 Å². The first-order valence-corrected chi connectivity index (χ1v) is 7.09. The summed E-state index contributed by atoms with van der Waals surface area (Å²) in [5.41, 5.74) is 7.81. The van der Waals surface area contributed by atoms with Crippen molar-refractivity contribution in [3.8, 4) is 0 Å². The Morgan fingerprint density at radius 1 is 1.18 bits per heavy atom. The van der Waals surface area contributed by atoms with Gasteiger partial charge in [0.2, 0.25) is 0 Å². The van der Waals surface area contributed by atoms with Gasteiger partial charge in [0.15, 0.2) is 0 Å². The molecule has 2 heteroatoms. The van der Waals surface area contributed by atoms with E-state index in [1.807, 2.05) is 11.3 Å². The summed E-state index contributed by atoms with van der Waals surface area (Å²) < 4.78 is 1.34. The van der Waals surface area contributed by atoms with E-state index in [9.17, 15) is 0 Å². The van der Waals surface area contributed by atoms with Crippen molar-refractivity contribution < 1.29 is 0 Å². The van der Waals surface area contributed by atoms with Gasteiger partial charge in [0.25, 0.3) is 0 Å². The van der Waals surface area contributed by atoms with Crippen molar-refractivity contribution in [2.45, 2.75) is 31.7 Å². The highest BCUT2D eigenvalue weighted by Crippen LogP contribution is 2.34. The largest absolute Gasteiger partial charge is 0.320 e. The van der Waals surface area contributed by atoms with Crippen LogP contribution in [0.2, 0.25) is 0 Å². The van der Waals surface area contributed by atoms with Crippen LogP contribution in [0.4, 0.5) is 0 Å². The van der Waals surface area contributed by atoms with Crippen LogP contribution in [0, 0.1) is 0 Å². The van der Waals surface area contributed by atoms with Crippen LogP contribution in [-0.4, -0.2) is 0 Å². The molecule has 0 saturated heterocycles. The lowest BCUT2D eigenvalue weighted by Gasteiger charge is -2.18. The molecule has 1 aliphatic rings. The van der Waals surface area contributed by atoms with Crippen LogP contribution < -0.4 is 5.73 Å². The number of rotatable bonds is 2. The van der Waals surface area contributed by atoms with Gasteiger partial charge in [-0.3, -0.25) is 0 Å². The zero-order chi connectivity index (χ0) is 11.7. The fraction of sp³-hybridized carbons (Fsp3) is 0.333. The highest BCUT2D eigenvalue weighted by atomic mass is 32.1. The molecule has 0 spiro atoms. The summed E-state index contributed by atoms with van der Waals surface area (Å²) in [5, 5.41) is 1.32. The number of hydrogen-bond acceptors (Lipinski definition) is 2. The summed E-state index contributed by atoms with van der Waals surface area (Å²) in [6.45, 7) is 0. The number of nitrogens with two attached hydrogens (primary N) is 1. The van der Waals surface area contributed by atoms with E-state index in [0.29, 0.717) is 0 Å². The molecule has 1 atom stereocenters. The van der Waals surface area contributed by atoms with E-state index in [1.165, 1.54) is 46.2 Å². The highest BCUT2D eigenvalue weighted by molar-refractivity contribution is 7.19. The lowest BCUT2D eigenvalue weighted by atomic mass is 9.93. The molecule has 1 unspecified atom stereocenters. The highest BCUT2D eigenvalue weighted by Gasteiger charge is 2.16. The molecular weight excluding hydrogens is 226 g/mol. The van der Waals surface area contributed by atoms with Gasteiger partial charge < -0.3 is 5.73 Å². The summed E-state index contributed by atoms with van der Waals surface area (Å²) in [4.78, 5) is 1.30. The standard InChI is InChI=1S/C15H17NS/c16-15(11-6-2-1-3-7-11)14-10-12-8-4-5-9-13(12)17-14/h4-6,8-10,15H,1-3,7,16H2. The smallest absolute Gasteiger partial charge is 0.0605 e. The molecule has 1 heterocycles. The van der Waals surface area contributed by atoms with Gasteiger partial charge in [-0.2, -0.15) is 0 Å². The van der Waals surface area contributed by atoms with Crippen LogP contribution >= 0.6 is 11.3 Å². The Hall–Kier alpha value is -1.12. The number of allylic oxidation sites excluding steroid dienone is 1. The van der Waals surface area contributed by atoms with Gasteiger partial charge in [0.1, 0.15) is 0 Å². The molecule has 1 aromatic heterocycles. The van der Waals surface area contributed by atoms with E-state index < -0.39 is 0 Å². The minimum Gasteiger partial charge on any atom is -0.320 e. The Kier molecular flexibility index (Phi) is 3.00. The van der Waals surface area contributed by atoms with Crippen LogP contribution in [0.1, 0.15) is 36.6 Å². The fourth-order valence-electron chi connectivity index (χ4n) is 2.48. The molecule has 1 nitrogen and oxygen atoms in total. The first-order valence-electron chi connectivity index (χ1n) is 6.27. The molecule has 1 aliphatic carbocycles. The van der Waals surface area contributed by atoms with Gasteiger partial charge in [-0.15, -0.1) is 11.3 Å². The molecule has 0 radical (unpaired) electrons. The molecule has 88 valence electrons. The Morgan fingerprint density at radius 2 is 2.06 bits per heavy atom. The van der Waals surface area contributed by atoms with Crippen LogP contribution in [0.25, 0.3) is 10.1 Å². The maximum atomic E-state index is 6.38. The van der Waals surface area contributed by atoms with Crippen molar-refractivity contribution in [2.24, 2.45) is 5.73 Å². The predicted octanol–water partition coefficient (Wildman–Crippen LogP) is 4.40. The molecule has 2 aromatic rings. The molecule has 0 saturated carbocycles. The molecule has 0 fully saturated rings. The molecule has 2 N–H and O–H groups in total. The van der Waals surface area contributed by atoms with Gasteiger partial charge >= 0.3 is 0 Å². The third-order valence-electron chi connectivity index (χ3n) is 3.48. The predicted molar refractivity (Wildman–Crippen MR) is 75.3 cm³/mol. The Morgan fingerprint density at radius 3 is 2.82 bits per heavy atom. The van der Waals surface area contributed by atoms with E-state index >= 15 is 0 Å². The minimum absolute atomic E-state index is 0.118. The number of hydrogen-bond donors (Lipinski definition) is 1. The maximum Gasteiger partial charge on any atom is 0.0605 e. The third-order valence-corrected chi connectivity index (χ3v) is 4.68. The second kappa shape index (κ2) is 4.63. The monoisotopic (exact) mass is 243 g/mol. The Labute approximate surface area is 106 Å². The normalized spacial score (nSPS) is 18.1. The van der Waals surface area contributed by atoms with E-state index in [1.54, 1.807) is 0 Å². The van der Waals surface area contributed by atoms with Crippen LogP contribution in [0.15, 0.2) is 42.0 Å². The van der Waals surface area contributed by atoms with E-state index in [2.05, 4.69) is 36.4 Å². The quantitative estimate of drug-likeness (QED) is 0.777. The van der Waals surface area contributed by atoms with Gasteiger partial charge in [-0.05, 0) is 43.2 Å². The second-order valence-electron chi connectivity index (χ2n) is 4.69. The molecule has 3 rings (SSSR count). The third kappa shape index (κ3) is 2.15. The fourth-order valence-corrected chi connectivity index (χ4v) is 3.59. The molecule has 0 amide bonds. The molecule has 17 heavy (non-hydrogen) atoms. The number of fused-ring (bicyclic) bond motifs is 1. The van der Waals surface area contributed by atoms with E-state index in [4.69, 9.17) is 5.73 Å². The summed E-state index contributed by atoms with van der Waals surface area (Å²) in [5.74, 6) is 0. The average molecular weight is 243 g/mol. The average Bonchev–Trinajstić information content (AvgIpc) is 2.82. The topological polar surface area (TPSA) is 26.0 Å². The summed E-state index contributed by atoms with van der Waals surface area (Å²) in [7, 11) is 0. The van der Waals surface area contributed by atoms with Crippen molar-refractivity contribution >= 4 is 21.4 Å². The van der Waals surface area contributed by atoms with Crippen molar-refractivity contribution in [3.05, 3.63) is 46.9 Å². The van der Waals surface area contributed by atoms with Gasteiger partial charge in [0, 0.05) is 9.58 Å². The van der Waals surface area contributed by atoms with Crippen molar-refractivity contribution in [1.29, 1.82) is 0 Å². The van der Waals surface area contributed by atoms with Crippen LogP contribution in [0.3, 0.4) is 0 Å². The second-order valence-corrected chi connectivity index (χ2v) is 5.80. The SMILES string of the molecule is NC(C1=CCCCC1)c1cc2ccccc2s1. The van der Waals surface area contributed by atoms with Crippen molar-refractivity contribution in [3.63, 3.8) is 0 Å². The number of thiophene rings is 1. The summed E-state index contributed by atoms with van der Waals surface area (Å²) in [6.07, 6.45) is 7.34. The molecule has 0 aliphatic heterocycles. The zero-order valence-electron chi connectivity index (χ0n) is 9.86. The number of benzene rings is 1. The lowest BCUT2D eigenvalue weighted by molar-refractivity contribution is 0.652. The first-order chi connectivity index (χ1) is 8.34. The minimum atomic E-state index is 0.118. The van der Waals surface area contributed by atoms with Crippen LogP contribution in [0.5, 0.6) is 0 Å². The summed E-state index contributed by atoms with van der Waals surface area (Å²) >= 11 is 1.83. The van der Waals surface area contributed by atoms with Crippen molar-refractivity contribution in [2.75, 3.05) is 0 Å². The summed E-state index contributed by atoms with van der Waals surface area (Å²) in [6, 6.07) is 10.9. The van der Waals surface area contributed by atoms with E-state index in [-0.39, 0.29) is 6.04 Å². The van der Waals surface area contributed by atoms with Crippen molar-refractivity contribution in [1.82, 2.24) is 0 Å². The Bertz CT molecular complexity index is 520. The van der Waals surface area contributed by atoms with Crippen LogP contribution in [-0.2, 0) is 0 Å². The van der Waals surface area contributed by atoms with Gasteiger partial charge in [-0.1, -0.05) is 29.8 Å². The van der Waals surface area contributed by atoms with Gasteiger partial charge in [-0.25, -0.2) is 0 Å².